The highest BCUT2D eigenvalue weighted by Gasteiger charge is 2.57. The van der Waals surface area contributed by atoms with Crippen molar-refractivity contribution in [1.82, 2.24) is 0 Å². The first-order chi connectivity index (χ1) is 14.2. The molecular formula is C29H46O. The van der Waals surface area contributed by atoms with Crippen molar-refractivity contribution in [2.45, 2.75) is 98.5 Å². The van der Waals surface area contributed by atoms with Crippen LogP contribution >= 0.6 is 0 Å². The van der Waals surface area contributed by atoms with Crippen molar-refractivity contribution >= 4 is 0 Å². The summed E-state index contributed by atoms with van der Waals surface area (Å²) in [4.78, 5) is 0. The Labute approximate surface area is 186 Å². The van der Waals surface area contributed by atoms with Gasteiger partial charge in [-0.1, -0.05) is 63.6 Å². The molecule has 4 aliphatic carbocycles. The highest BCUT2D eigenvalue weighted by atomic mass is 16.3. The van der Waals surface area contributed by atoms with Gasteiger partial charge in [-0.05, 0) is 111 Å². The summed E-state index contributed by atoms with van der Waals surface area (Å²) in [6.07, 6.45) is 18.8. The number of rotatable bonds is 5. The van der Waals surface area contributed by atoms with E-state index in [4.69, 9.17) is 0 Å². The van der Waals surface area contributed by atoms with Gasteiger partial charge in [0, 0.05) is 0 Å². The molecule has 0 aliphatic heterocycles. The monoisotopic (exact) mass is 410 g/mol. The summed E-state index contributed by atoms with van der Waals surface area (Å²) in [5.41, 5.74) is 4.04. The molecule has 30 heavy (non-hydrogen) atoms. The third-order valence-corrected chi connectivity index (χ3v) is 10.5. The SMILES string of the molecule is C=C(C)C(/C=C/C(C)C1CCC2C3=CCC4C[C@@H](O)CCC4(C)C3CCC21C)CC. The van der Waals surface area contributed by atoms with Gasteiger partial charge < -0.3 is 5.11 Å². The Bertz CT molecular complexity index is 716. The Kier molecular flexibility index (Phi) is 6.17. The van der Waals surface area contributed by atoms with Crippen LogP contribution in [0.1, 0.15) is 92.4 Å². The highest BCUT2D eigenvalue weighted by molar-refractivity contribution is 5.28. The lowest BCUT2D eigenvalue weighted by Gasteiger charge is -2.57. The normalized spacial score (nSPS) is 45.3. The molecule has 0 amide bonds. The standard InChI is InChI=1S/C29H46O/c1-7-21(19(2)3)9-8-20(4)25-12-13-26-24-11-10-22-18-23(30)14-16-28(22,5)27(24)15-17-29(25,26)6/h8-9,11,20-23,25-27,30H,2,7,10,12-18H2,1,3-6H3/b9-8+/t20?,21?,22?,23-,25?,26?,27?,28?,29?/m0/s1. The predicted octanol–water partition coefficient (Wildman–Crippen LogP) is 7.72. The van der Waals surface area contributed by atoms with E-state index >= 15 is 0 Å². The van der Waals surface area contributed by atoms with Crippen LogP contribution in [0.4, 0.5) is 0 Å². The molecule has 1 heteroatoms. The molecule has 3 saturated carbocycles. The van der Waals surface area contributed by atoms with E-state index in [0.29, 0.717) is 28.6 Å². The molecule has 0 saturated heterocycles. The lowest BCUT2D eigenvalue weighted by Crippen LogP contribution is -2.49. The summed E-state index contributed by atoms with van der Waals surface area (Å²) in [6, 6.07) is 0. The largest absolute Gasteiger partial charge is 0.393 e. The zero-order valence-electron chi connectivity index (χ0n) is 20.3. The van der Waals surface area contributed by atoms with Gasteiger partial charge in [-0.15, -0.1) is 0 Å². The molecule has 0 radical (unpaired) electrons. The molecule has 0 aromatic carbocycles. The first kappa shape index (κ1) is 22.4. The number of hydrogen-bond acceptors (Lipinski definition) is 1. The minimum absolute atomic E-state index is 0.0541. The molecule has 0 heterocycles. The third kappa shape index (κ3) is 3.58. The molecule has 0 spiro atoms. The predicted molar refractivity (Wildman–Crippen MR) is 128 cm³/mol. The quantitative estimate of drug-likeness (QED) is 0.460. The van der Waals surface area contributed by atoms with Gasteiger partial charge in [0.1, 0.15) is 0 Å². The maximum absolute atomic E-state index is 10.3. The van der Waals surface area contributed by atoms with Gasteiger partial charge in [-0.3, -0.25) is 0 Å². The van der Waals surface area contributed by atoms with Crippen molar-refractivity contribution < 1.29 is 5.11 Å². The van der Waals surface area contributed by atoms with Gasteiger partial charge in [0.15, 0.2) is 0 Å². The van der Waals surface area contributed by atoms with Crippen LogP contribution in [0.2, 0.25) is 0 Å². The fraction of sp³-hybridized carbons (Fsp3) is 0.793. The molecule has 0 aromatic rings. The molecule has 4 rings (SSSR count). The lowest BCUT2D eigenvalue weighted by molar-refractivity contribution is -0.0414. The van der Waals surface area contributed by atoms with E-state index in [9.17, 15) is 5.11 Å². The molecule has 9 atom stereocenters. The third-order valence-electron chi connectivity index (χ3n) is 10.5. The molecule has 0 bridgehead atoms. The molecule has 0 aromatic heterocycles. The Morgan fingerprint density at radius 1 is 1.13 bits per heavy atom. The number of fused-ring (bicyclic) bond motifs is 5. The Hall–Kier alpha value is -0.820. The van der Waals surface area contributed by atoms with Crippen molar-refractivity contribution in [3.8, 4) is 0 Å². The lowest BCUT2D eigenvalue weighted by atomic mass is 9.47. The van der Waals surface area contributed by atoms with Crippen LogP contribution in [-0.2, 0) is 0 Å². The molecule has 168 valence electrons. The summed E-state index contributed by atoms with van der Waals surface area (Å²) in [7, 11) is 0. The van der Waals surface area contributed by atoms with E-state index < -0.39 is 0 Å². The van der Waals surface area contributed by atoms with E-state index in [-0.39, 0.29) is 6.10 Å². The maximum Gasteiger partial charge on any atom is 0.0543 e. The second-order valence-corrected chi connectivity index (χ2v) is 12.0. The average molecular weight is 411 g/mol. The first-order valence-electron chi connectivity index (χ1n) is 12.9. The number of aliphatic hydroxyl groups is 1. The summed E-state index contributed by atoms with van der Waals surface area (Å²) >= 11 is 0. The van der Waals surface area contributed by atoms with Crippen molar-refractivity contribution in [3.05, 3.63) is 36.0 Å². The van der Waals surface area contributed by atoms with Gasteiger partial charge in [-0.2, -0.15) is 0 Å². The molecule has 1 nitrogen and oxygen atoms in total. The number of allylic oxidation sites excluding steroid dienone is 5. The van der Waals surface area contributed by atoms with Crippen molar-refractivity contribution in [2.75, 3.05) is 0 Å². The van der Waals surface area contributed by atoms with Crippen LogP contribution in [0.3, 0.4) is 0 Å². The van der Waals surface area contributed by atoms with Crippen molar-refractivity contribution in [1.29, 1.82) is 0 Å². The van der Waals surface area contributed by atoms with E-state index in [1.807, 2.05) is 5.57 Å². The van der Waals surface area contributed by atoms with E-state index in [1.54, 1.807) is 0 Å². The first-order valence-corrected chi connectivity index (χ1v) is 12.9. The minimum Gasteiger partial charge on any atom is -0.393 e. The zero-order valence-corrected chi connectivity index (χ0v) is 20.3. The molecule has 4 aliphatic rings. The topological polar surface area (TPSA) is 20.2 Å². The van der Waals surface area contributed by atoms with Crippen molar-refractivity contribution in [2.24, 2.45) is 46.3 Å². The molecule has 8 unspecified atom stereocenters. The summed E-state index contributed by atoms with van der Waals surface area (Å²) in [6.45, 7) is 16.3. The van der Waals surface area contributed by atoms with Crippen molar-refractivity contribution in [3.63, 3.8) is 0 Å². The number of aliphatic hydroxyl groups excluding tert-OH is 1. The molecule has 3 fully saturated rings. The average Bonchev–Trinajstić information content (AvgIpc) is 3.06. The molecule has 1 N–H and O–H groups in total. The smallest absolute Gasteiger partial charge is 0.0543 e. The van der Waals surface area contributed by atoms with Gasteiger partial charge in [0.05, 0.1) is 6.10 Å². The van der Waals surface area contributed by atoms with E-state index in [0.717, 1.165) is 37.0 Å². The fourth-order valence-corrected chi connectivity index (χ4v) is 8.49. The van der Waals surface area contributed by atoms with Gasteiger partial charge in [0.25, 0.3) is 0 Å². The second kappa shape index (κ2) is 8.27. The Morgan fingerprint density at radius 3 is 2.53 bits per heavy atom. The highest BCUT2D eigenvalue weighted by Crippen LogP contribution is 2.66. The van der Waals surface area contributed by atoms with E-state index in [2.05, 4.69) is 59.4 Å². The van der Waals surface area contributed by atoms with Gasteiger partial charge in [-0.25, -0.2) is 0 Å². The Morgan fingerprint density at radius 2 is 1.83 bits per heavy atom. The summed E-state index contributed by atoms with van der Waals surface area (Å²) in [5, 5.41) is 10.3. The van der Waals surface area contributed by atoms with Crippen LogP contribution in [0.25, 0.3) is 0 Å². The number of hydrogen-bond donors (Lipinski definition) is 1. The summed E-state index contributed by atoms with van der Waals surface area (Å²) < 4.78 is 0. The maximum atomic E-state index is 10.3. The Balaban J connectivity index is 1.54. The second-order valence-electron chi connectivity index (χ2n) is 12.0. The van der Waals surface area contributed by atoms with Crippen LogP contribution in [0.5, 0.6) is 0 Å². The van der Waals surface area contributed by atoms with Gasteiger partial charge >= 0.3 is 0 Å². The van der Waals surface area contributed by atoms with E-state index in [1.165, 1.54) is 44.1 Å². The minimum atomic E-state index is -0.0541. The summed E-state index contributed by atoms with van der Waals surface area (Å²) in [5.74, 6) is 4.27. The van der Waals surface area contributed by atoms with Crippen LogP contribution in [-0.4, -0.2) is 11.2 Å². The molecular weight excluding hydrogens is 364 g/mol. The van der Waals surface area contributed by atoms with Crippen LogP contribution in [0, 0.1) is 46.3 Å². The fourth-order valence-electron chi connectivity index (χ4n) is 8.49. The van der Waals surface area contributed by atoms with Crippen LogP contribution in [0.15, 0.2) is 36.0 Å². The van der Waals surface area contributed by atoms with Gasteiger partial charge in [0.2, 0.25) is 0 Å². The zero-order chi connectivity index (χ0) is 21.7. The van der Waals surface area contributed by atoms with Crippen LogP contribution < -0.4 is 0 Å².